The zero-order valence-corrected chi connectivity index (χ0v) is 14.9. The van der Waals surface area contributed by atoms with Crippen molar-refractivity contribution in [2.24, 2.45) is 0 Å². The van der Waals surface area contributed by atoms with Gasteiger partial charge in [-0.05, 0) is 55.7 Å². The van der Waals surface area contributed by atoms with Crippen LogP contribution in [0.5, 0.6) is 0 Å². The summed E-state index contributed by atoms with van der Waals surface area (Å²) < 4.78 is 0. The fourth-order valence-electron chi connectivity index (χ4n) is 3.21. The fourth-order valence-corrected chi connectivity index (χ4v) is 3.21. The molecule has 2 aromatic rings. The Morgan fingerprint density at radius 1 is 1.00 bits per heavy atom. The summed E-state index contributed by atoms with van der Waals surface area (Å²) in [5.41, 5.74) is 3.25. The SMILES string of the molecule is CN(CCC(=O)Nc1ccc(N2CCCCC2)cc1)c1ccccc1. The van der Waals surface area contributed by atoms with E-state index < -0.39 is 0 Å². The highest BCUT2D eigenvalue weighted by atomic mass is 16.1. The van der Waals surface area contributed by atoms with E-state index in [0.29, 0.717) is 13.0 Å². The molecule has 0 aliphatic carbocycles. The maximum absolute atomic E-state index is 12.2. The second-order valence-corrected chi connectivity index (χ2v) is 6.65. The maximum Gasteiger partial charge on any atom is 0.226 e. The first kappa shape index (κ1) is 17.3. The van der Waals surface area contributed by atoms with Gasteiger partial charge in [0.2, 0.25) is 5.91 Å². The minimum Gasteiger partial charge on any atom is -0.374 e. The molecule has 1 saturated heterocycles. The number of hydrogen-bond acceptors (Lipinski definition) is 3. The normalized spacial score (nSPS) is 14.2. The fraction of sp³-hybridized carbons (Fsp3) is 0.381. The molecule has 0 radical (unpaired) electrons. The molecule has 0 spiro atoms. The largest absolute Gasteiger partial charge is 0.374 e. The van der Waals surface area contributed by atoms with Crippen molar-refractivity contribution in [2.45, 2.75) is 25.7 Å². The third kappa shape index (κ3) is 4.99. The lowest BCUT2D eigenvalue weighted by molar-refractivity contribution is -0.116. The topological polar surface area (TPSA) is 35.6 Å². The summed E-state index contributed by atoms with van der Waals surface area (Å²) in [4.78, 5) is 16.7. The Balaban J connectivity index is 1.47. The molecule has 1 fully saturated rings. The van der Waals surface area contributed by atoms with Crippen molar-refractivity contribution in [3.05, 3.63) is 54.6 Å². The number of rotatable bonds is 6. The van der Waals surface area contributed by atoms with Gasteiger partial charge in [0.05, 0.1) is 0 Å². The summed E-state index contributed by atoms with van der Waals surface area (Å²) in [5.74, 6) is 0.0495. The summed E-state index contributed by atoms with van der Waals surface area (Å²) in [6.07, 6.45) is 4.35. The van der Waals surface area contributed by atoms with Crippen LogP contribution in [0.25, 0.3) is 0 Å². The molecule has 0 atom stereocenters. The molecule has 1 aliphatic rings. The van der Waals surface area contributed by atoms with Crippen LogP contribution in [-0.2, 0) is 4.79 Å². The molecule has 0 bridgehead atoms. The van der Waals surface area contributed by atoms with Gasteiger partial charge < -0.3 is 15.1 Å². The van der Waals surface area contributed by atoms with Gasteiger partial charge in [0, 0.05) is 50.2 Å². The van der Waals surface area contributed by atoms with Gasteiger partial charge in [0.15, 0.2) is 0 Å². The van der Waals surface area contributed by atoms with Gasteiger partial charge in [-0.2, -0.15) is 0 Å². The smallest absolute Gasteiger partial charge is 0.226 e. The minimum atomic E-state index is 0.0495. The second kappa shape index (κ2) is 8.56. The Labute approximate surface area is 150 Å². The number of amides is 1. The third-order valence-electron chi connectivity index (χ3n) is 4.74. The summed E-state index contributed by atoms with van der Waals surface area (Å²) in [5, 5.41) is 2.99. The molecular formula is C21H27N3O. The first-order valence-electron chi connectivity index (χ1n) is 9.13. The Hall–Kier alpha value is -2.49. The lowest BCUT2D eigenvalue weighted by Gasteiger charge is -2.28. The summed E-state index contributed by atoms with van der Waals surface area (Å²) >= 11 is 0. The number of benzene rings is 2. The molecule has 1 amide bonds. The van der Waals surface area contributed by atoms with Crippen LogP contribution in [0.4, 0.5) is 17.1 Å². The van der Waals surface area contributed by atoms with Crippen LogP contribution in [0, 0.1) is 0 Å². The minimum absolute atomic E-state index is 0.0495. The highest BCUT2D eigenvalue weighted by molar-refractivity contribution is 5.91. The van der Waals surface area contributed by atoms with Crippen molar-refractivity contribution < 1.29 is 4.79 Å². The van der Waals surface area contributed by atoms with E-state index in [4.69, 9.17) is 0 Å². The van der Waals surface area contributed by atoms with Gasteiger partial charge in [-0.25, -0.2) is 0 Å². The number of piperidine rings is 1. The van der Waals surface area contributed by atoms with Crippen LogP contribution in [-0.4, -0.2) is 32.6 Å². The number of nitrogens with zero attached hydrogens (tertiary/aromatic N) is 2. The molecule has 3 rings (SSSR count). The highest BCUT2D eigenvalue weighted by Gasteiger charge is 2.11. The van der Waals surface area contributed by atoms with E-state index in [0.717, 1.165) is 24.5 Å². The predicted molar refractivity (Wildman–Crippen MR) is 105 cm³/mol. The van der Waals surface area contributed by atoms with Gasteiger partial charge in [-0.15, -0.1) is 0 Å². The van der Waals surface area contributed by atoms with Crippen LogP contribution in [0.1, 0.15) is 25.7 Å². The molecule has 1 aliphatic heterocycles. The number of hydrogen-bond donors (Lipinski definition) is 1. The molecule has 1 N–H and O–H groups in total. The zero-order chi connectivity index (χ0) is 17.5. The van der Waals surface area contributed by atoms with E-state index in [2.05, 4.69) is 39.4 Å². The third-order valence-corrected chi connectivity index (χ3v) is 4.74. The van der Waals surface area contributed by atoms with E-state index in [9.17, 15) is 4.79 Å². The highest BCUT2D eigenvalue weighted by Crippen LogP contribution is 2.22. The summed E-state index contributed by atoms with van der Waals surface area (Å²) in [6.45, 7) is 2.97. The van der Waals surface area contributed by atoms with Crippen LogP contribution in [0.2, 0.25) is 0 Å². The van der Waals surface area contributed by atoms with Crippen LogP contribution >= 0.6 is 0 Å². The first-order valence-corrected chi connectivity index (χ1v) is 9.13. The van der Waals surface area contributed by atoms with E-state index in [1.807, 2.05) is 37.4 Å². The van der Waals surface area contributed by atoms with Crippen molar-refractivity contribution in [2.75, 3.05) is 41.8 Å². The van der Waals surface area contributed by atoms with Gasteiger partial charge in [0.1, 0.15) is 0 Å². The van der Waals surface area contributed by atoms with Crippen molar-refractivity contribution in [3.8, 4) is 0 Å². The van der Waals surface area contributed by atoms with Gasteiger partial charge in [-0.1, -0.05) is 18.2 Å². The predicted octanol–water partition coefficient (Wildman–Crippen LogP) is 4.14. The van der Waals surface area contributed by atoms with E-state index in [1.165, 1.54) is 24.9 Å². The second-order valence-electron chi connectivity index (χ2n) is 6.65. The van der Waals surface area contributed by atoms with Crippen LogP contribution in [0.15, 0.2) is 54.6 Å². The lowest BCUT2D eigenvalue weighted by Crippen LogP contribution is -2.29. The number of carbonyl (C=O) groups is 1. The Morgan fingerprint density at radius 3 is 2.36 bits per heavy atom. The Morgan fingerprint density at radius 2 is 1.68 bits per heavy atom. The van der Waals surface area contributed by atoms with Gasteiger partial charge in [-0.3, -0.25) is 4.79 Å². The molecular weight excluding hydrogens is 310 g/mol. The average Bonchev–Trinajstić information content (AvgIpc) is 2.68. The molecule has 132 valence electrons. The number of anilines is 3. The standard InChI is InChI=1S/C21H27N3O/c1-23(19-8-4-2-5-9-19)17-14-21(25)22-18-10-12-20(13-11-18)24-15-6-3-7-16-24/h2,4-5,8-13H,3,6-7,14-17H2,1H3,(H,22,25). The number of para-hydroxylation sites is 1. The Bertz CT molecular complexity index is 663. The lowest BCUT2D eigenvalue weighted by atomic mass is 10.1. The molecule has 1 heterocycles. The molecule has 0 saturated carbocycles. The zero-order valence-electron chi connectivity index (χ0n) is 14.9. The van der Waals surface area contributed by atoms with E-state index in [-0.39, 0.29) is 5.91 Å². The maximum atomic E-state index is 12.2. The average molecular weight is 337 g/mol. The van der Waals surface area contributed by atoms with Crippen molar-refractivity contribution in [1.82, 2.24) is 0 Å². The van der Waals surface area contributed by atoms with Crippen molar-refractivity contribution in [3.63, 3.8) is 0 Å². The van der Waals surface area contributed by atoms with Crippen molar-refractivity contribution in [1.29, 1.82) is 0 Å². The van der Waals surface area contributed by atoms with Gasteiger partial charge in [0.25, 0.3) is 0 Å². The monoisotopic (exact) mass is 337 g/mol. The summed E-state index contributed by atoms with van der Waals surface area (Å²) in [7, 11) is 2.01. The van der Waals surface area contributed by atoms with Crippen molar-refractivity contribution >= 4 is 23.0 Å². The molecule has 0 aromatic heterocycles. The van der Waals surface area contributed by atoms with Crippen LogP contribution in [0.3, 0.4) is 0 Å². The molecule has 0 unspecified atom stereocenters. The van der Waals surface area contributed by atoms with Gasteiger partial charge >= 0.3 is 0 Å². The van der Waals surface area contributed by atoms with Crippen LogP contribution < -0.4 is 15.1 Å². The summed E-state index contributed by atoms with van der Waals surface area (Å²) in [6, 6.07) is 18.3. The first-order chi connectivity index (χ1) is 12.2. The molecule has 2 aromatic carbocycles. The molecule has 25 heavy (non-hydrogen) atoms. The Kier molecular flexibility index (Phi) is 5.94. The molecule has 4 heteroatoms. The molecule has 4 nitrogen and oxygen atoms in total. The number of carbonyl (C=O) groups excluding carboxylic acids is 1. The number of nitrogens with one attached hydrogen (secondary N) is 1. The van der Waals surface area contributed by atoms with E-state index in [1.54, 1.807) is 0 Å². The van der Waals surface area contributed by atoms with E-state index >= 15 is 0 Å². The quantitative estimate of drug-likeness (QED) is 0.860.